The highest BCUT2D eigenvalue weighted by molar-refractivity contribution is 7.89. The van der Waals surface area contributed by atoms with E-state index in [4.69, 9.17) is 5.14 Å². The summed E-state index contributed by atoms with van der Waals surface area (Å²) in [6.45, 7) is 4.18. The van der Waals surface area contributed by atoms with E-state index in [2.05, 4.69) is 0 Å². The Morgan fingerprint density at radius 3 is 2.43 bits per heavy atom. The van der Waals surface area contributed by atoms with Crippen LogP contribution in [0.4, 0.5) is 8.78 Å². The number of amides is 1. The topological polar surface area (TPSA) is 80.5 Å². The third-order valence-electron chi connectivity index (χ3n) is 3.17. The van der Waals surface area contributed by atoms with Crippen LogP contribution in [0.5, 0.6) is 0 Å². The van der Waals surface area contributed by atoms with Crippen molar-refractivity contribution < 1.29 is 22.0 Å². The number of halogens is 2. The highest BCUT2D eigenvalue weighted by Crippen LogP contribution is 2.21. The van der Waals surface area contributed by atoms with Crippen LogP contribution in [0, 0.1) is 17.6 Å². The minimum atomic E-state index is -4.45. The zero-order valence-corrected chi connectivity index (χ0v) is 12.9. The molecule has 1 unspecified atom stereocenters. The fourth-order valence-electron chi connectivity index (χ4n) is 1.81. The zero-order valence-electron chi connectivity index (χ0n) is 12.1. The number of hydrogen-bond donors (Lipinski definition) is 1. The number of rotatable bonds is 5. The molecular formula is C13H18F2N2O3S. The normalized spacial score (nSPS) is 13.0. The van der Waals surface area contributed by atoms with Gasteiger partial charge in [0.2, 0.25) is 10.0 Å². The van der Waals surface area contributed by atoms with E-state index in [9.17, 15) is 22.0 Å². The quantitative estimate of drug-likeness (QED) is 0.897. The van der Waals surface area contributed by atoms with Crippen molar-refractivity contribution in [2.24, 2.45) is 11.1 Å². The molecule has 0 aliphatic carbocycles. The first-order chi connectivity index (χ1) is 9.57. The van der Waals surface area contributed by atoms with Crippen molar-refractivity contribution in [2.75, 3.05) is 13.6 Å². The molecule has 5 nitrogen and oxygen atoms in total. The SMILES string of the molecule is CCC(C)CN(C)C(=O)c1cc(F)cc(S(N)(=O)=O)c1F. The van der Waals surface area contributed by atoms with Crippen molar-refractivity contribution in [3.63, 3.8) is 0 Å². The number of carbonyl (C=O) groups excluding carboxylic acids is 1. The number of nitrogens with zero attached hydrogens (tertiary/aromatic N) is 1. The second-order valence-electron chi connectivity index (χ2n) is 5.01. The molecule has 8 heteroatoms. The maximum absolute atomic E-state index is 14.1. The van der Waals surface area contributed by atoms with Gasteiger partial charge in [-0.15, -0.1) is 0 Å². The van der Waals surface area contributed by atoms with Crippen LogP contribution in [0.3, 0.4) is 0 Å². The Balaban J connectivity index is 3.25. The number of primary sulfonamides is 1. The molecule has 0 heterocycles. The van der Waals surface area contributed by atoms with Gasteiger partial charge in [-0.05, 0) is 18.1 Å². The first-order valence-electron chi connectivity index (χ1n) is 6.35. The van der Waals surface area contributed by atoms with Crippen molar-refractivity contribution in [3.05, 3.63) is 29.3 Å². The summed E-state index contributed by atoms with van der Waals surface area (Å²) in [5.41, 5.74) is -0.648. The van der Waals surface area contributed by atoms with E-state index < -0.39 is 38.0 Å². The van der Waals surface area contributed by atoms with Crippen LogP contribution in [0.1, 0.15) is 30.6 Å². The number of sulfonamides is 1. The molecule has 0 saturated carbocycles. The molecule has 1 rings (SSSR count). The number of benzene rings is 1. The molecule has 0 saturated heterocycles. The van der Waals surface area contributed by atoms with E-state index in [1.54, 1.807) is 0 Å². The standard InChI is InChI=1S/C13H18F2N2O3S/c1-4-8(2)7-17(3)13(18)10-5-9(14)6-11(12(10)15)21(16,19)20/h5-6,8H,4,7H2,1-3H3,(H2,16,19,20). The van der Waals surface area contributed by atoms with Crippen LogP contribution in [0.15, 0.2) is 17.0 Å². The van der Waals surface area contributed by atoms with Crippen LogP contribution in [0.2, 0.25) is 0 Å². The summed E-state index contributed by atoms with van der Waals surface area (Å²) in [5.74, 6) is -2.99. The maximum Gasteiger partial charge on any atom is 0.256 e. The fraction of sp³-hybridized carbons (Fsp3) is 0.462. The van der Waals surface area contributed by atoms with Gasteiger partial charge in [-0.1, -0.05) is 20.3 Å². The van der Waals surface area contributed by atoms with E-state index in [1.165, 1.54) is 11.9 Å². The summed E-state index contributed by atoms with van der Waals surface area (Å²) in [7, 11) is -3.01. The van der Waals surface area contributed by atoms with E-state index in [0.717, 1.165) is 6.42 Å². The smallest absolute Gasteiger partial charge is 0.256 e. The average Bonchev–Trinajstić information content (AvgIpc) is 2.38. The van der Waals surface area contributed by atoms with Gasteiger partial charge in [0, 0.05) is 13.6 Å². The van der Waals surface area contributed by atoms with E-state index in [0.29, 0.717) is 18.7 Å². The molecule has 21 heavy (non-hydrogen) atoms. The Bertz CT molecular complexity index is 647. The maximum atomic E-state index is 14.1. The predicted molar refractivity (Wildman–Crippen MR) is 74.1 cm³/mol. The first kappa shape index (κ1) is 17.5. The van der Waals surface area contributed by atoms with Crippen LogP contribution in [-0.2, 0) is 10.0 Å². The van der Waals surface area contributed by atoms with Crippen molar-refractivity contribution in [3.8, 4) is 0 Å². The van der Waals surface area contributed by atoms with E-state index >= 15 is 0 Å². The van der Waals surface area contributed by atoms with Crippen molar-refractivity contribution in [1.29, 1.82) is 0 Å². The van der Waals surface area contributed by atoms with Crippen molar-refractivity contribution in [2.45, 2.75) is 25.2 Å². The lowest BCUT2D eigenvalue weighted by Crippen LogP contribution is -2.32. The minimum Gasteiger partial charge on any atom is -0.341 e. The summed E-state index contributed by atoms with van der Waals surface area (Å²) in [4.78, 5) is 12.3. The molecule has 0 bridgehead atoms. The van der Waals surface area contributed by atoms with Gasteiger partial charge >= 0.3 is 0 Å². The third kappa shape index (κ3) is 4.21. The zero-order chi connectivity index (χ0) is 16.4. The molecule has 2 N–H and O–H groups in total. The summed E-state index contributed by atoms with van der Waals surface area (Å²) in [6.07, 6.45) is 0.811. The fourth-order valence-corrected chi connectivity index (χ4v) is 2.45. The van der Waals surface area contributed by atoms with Gasteiger partial charge < -0.3 is 4.90 Å². The Morgan fingerprint density at radius 2 is 1.95 bits per heavy atom. The average molecular weight is 320 g/mol. The van der Waals surface area contributed by atoms with Crippen LogP contribution < -0.4 is 5.14 Å². The lowest BCUT2D eigenvalue weighted by atomic mass is 10.1. The largest absolute Gasteiger partial charge is 0.341 e. The summed E-state index contributed by atoms with van der Waals surface area (Å²) in [5, 5.41) is 4.81. The highest BCUT2D eigenvalue weighted by atomic mass is 32.2. The molecule has 0 radical (unpaired) electrons. The van der Waals surface area contributed by atoms with Gasteiger partial charge in [-0.25, -0.2) is 22.3 Å². The van der Waals surface area contributed by atoms with Gasteiger partial charge in [-0.3, -0.25) is 4.79 Å². The second-order valence-corrected chi connectivity index (χ2v) is 6.54. The summed E-state index contributed by atoms with van der Waals surface area (Å²) >= 11 is 0. The minimum absolute atomic E-state index is 0.174. The number of hydrogen-bond acceptors (Lipinski definition) is 3. The molecule has 0 fully saturated rings. The Morgan fingerprint density at radius 1 is 1.38 bits per heavy atom. The number of carbonyl (C=O) groups is 1. The van der Waals surface area contributed by atoms with Crippen molar-refractivity contribution >= 4 is 15.9 Å². The van der Waals surface area contributed by atoms with Crippen molar-refractivity contribution in [1.82, 2.24) is 4.90 Å². The molecule has 0 aliphatic heterocycles. The molecule has 0 aliphatic rings. The number of nitrogens with two attached hydrogens (primary N) is 1. The molecule has 1 aromatic rings. The molecule has 1 aromatic carbocycles. The van der Waals surface area contributed by atoms with Gasteiger partial charge in [-0.2, -0.15) is 0 Å². The molecule has 1 atom stereocenters. The third-order valence-corrected chi connectivity index (χ3v) is 4.08. The van der Waals surface area contributed by atoms with Crippen LogP contribution in [-0.4, -0.2) is 32.8 Å². The molecule has 0 aromatic heterocycles. The van der Waals surface area contributed by atoms with Crippen LogP contribution >= 0.6 is 0 Å². The van der Waals surface area contributed by atoms with Crippen LogP contribution in [0.25, 0.3) is 0 Å². The monoisotopic (exact) mass is 320 g/mol. The second kappa shape index (κ2) is 6.48. The lowest BCUT2D eigenvalue weighted by Gasteiger charge is -2.21. The van der Waals surface area contributed by atoms with Gasteiger partial charge in [0.1, 0.15) is 10.7 Å². The molecule has 118 valence electrons. The lowest BCUT2D eigenvalue weighted by molar-refractivity contribution is 0.0769. The Hall–Kier alpha value is -1.54. The Kier molecular flexibility index (Phi) is 5.41. The first-order valence-corrected chi connectivity index (χ1v) is 7.89. The van der Waals surface area contributed by atoms with Gasteiger partial charge in [0.15, 0.2) is 5.82 Å². The van der Waals surface area contributed by atoms with Gasteiger partial charge in [0.05, 0.1) is 5.56 Å². The summed E-state index contributed by atoms with van der Waals surface area (Å²) < 4.78 is 50.0. The summed E-state index contributed by atoms with van der Waals surface area (Å²) in [6, 6.07) is 1.12. The van der Waals surface area contributed by atoms with Gasteiger partial charge in [0.25, 0.3) is 5.91 Å². The predicted octanol–water partition coefficient (Wildman–Crippen LogP) is 1.73. The molecule has 0 spiro atoms. The molecular weight excluding hydrogens is 302 g/mol. The highest BCUT2D eigenvalue weighted by Gasteiger charge is 2.25. The van der Waals surface area contributed by atoms with E-state index in [1.807, 2.05) is 13.8 Å². The molecule has 1 amide bonds. The van der Waals surface area contributed by atoms with E-state index in [-0.39, 0.29) is 5.92 Å². The Labute approximate surface area is 122 Å².